The van der Waals surface area contributed by atoms with E-state index in [0.717, 1.165) is 30.6 Å². The van der Waals surface area contributed by atoms with Gasteiger partial charge in [0.25, 0.3) is 5.91 Å². The van der Waals surface area contributed by atoms with Gasteiger partial charge in [-0.2, -0.15) is 11.8 Å². The summed E-state index contributed by atoms with van der Waals surface area (Å²) in [6.45, 7) is 8.30. The van der Waals surface area contributed by atoms with Gasteiger partial charge in [-0.3, -0.25) is 14.5 Å². The molecular formula is C23H32N2O3S. The van der Waals surface area contributed by atoms with Gasteiger partial charge in [0, 0.05) is 29.4 Å². The highest BCUT2D eigenvalue weighted by molar-refractivity contribution is 8.00. The lowest BCUT2D eigenvalue weighted by molar-refractivity contribution is -0.118. The van der Waals surface area contributed by atoms with Crippen LogP contribution in [0.4, 0.5) is 4.79 Å². The number of amides is 3. The normalized spacial score (nSPS) is 23.8. The number of benzene rings is 1. The van der Waals surface area contributed by atoms with Crippen molar-refractivity contribution >= 4 is 29.5 Å². The monoisotopic (exact) mass is 416 g/mol. The van der Waals surface area contributed by atoms with Crippen LogP contribution in [0.2, 0.25) is 0 Å². The zero-order chi connectivity index (χ0) is 21.2. The average Bonchev–Trinajstić information content (AvgIpc) is 3.21. The summed E-state index contributed by atoms with van der Waals surface area (Å²) in [5.41, 5.74) is 1.74. The molecular weight excluding hydrogens is 384 g/mol. The molecule has 0 aromatic heterocycles. The maximum absolute atomic E-state index is 13.1. The number of rotatable bonds is 7. The van der Waals surface area contributed by atoms with Crippen molar-refractivity contribution in [2.75, 3.05) is 5.75 Å². The number of carbonyl (C=O) groups is 3. The number of hydrogen-bond donors (Lipinski definition) is 1. The van der Waals surface area contributed by atoms with Crippen LogP contribution in [0.1, 0.15) is 75.7 Å². The lowest BCUT2D eigenvalue weighted by atomic mass is 9.86. The maximum atomic E-state index is 13.1. The number of fused-ring (bicyclic) bond motifs is 1. The van der Waals surface area contributed by atoms with Crippen LogP contribution in [0.5, 0.6) is 0 Å². The lowest BCUT2D eigenvalue weighted by Gasteiger charge is -2.22. The SMILES string of the molecule is CCC(=O)CCCC[C@@H]1SC[C@H]2[C@@H]1NC(=O)N2C(=O)c1ccc(C(C)(C)C)cc1. The number of hydrogen-bond acceptors (Lipinski definition) is 4. The van der Waals surface area contributed by atoms with Gasteiger partial charge in [0.2, 0.25) is 0 Å². The Bertz CT molecular complexity index is 769. The number of ketones is 1. The van der Waals surface area contributed by atoms with E-state index in [2.05, 4.69) is 26.1 Å². The van der Waals surface area contributed by atoms with Gasteiger partial charge in [-0.05, 0) is 36.0 Å². The zero-order valence-corrected chi connectivity index (χ0v) is 18.7. The third-order valence-corrected chi connectivity index (χ3v) is 7.43. The molecule has 158 valence electrons. The summed E-state index contributed by atoms with van der Waals surface area (Å²) >= 11 is 1.83. The molecule has 0 radical (unpaired) electrons. The van der Waals surface area contributed by atoms with Crippen LogP contribution < -0.4 is 5.32 Å². The number of thioether (sulfide) groups is 1. The van der Waals surface area contributed by atoms with E-state index < -0.39 is 0 Å². The summed E-state index contributed by atoms with van der Waals surface area (Å²) in [7, 11) is 0. The molecule has 3 atom stereocenters. The average molecular weight is 417 g/mol. The lowest BCUT2D eigenvalue weighted by Crippen LogP contribution is -2.41. The Kier molecular flexibility index (Phi) is 6.72. The van der Waals surface area contributed by atoms with Crippen LogP contribution in [-0.4, -0.2) is 45.7 Å². The largest absolute Gasteiger partial charge is 0.332 e. The maximum Gasteiger partial charge on any atom is 0.325 e. The third-order valence-electron chi connectivity index (χ3n) is 5.94. The fourth-order valence-electron chi connectivity index (χ4n) is 4.07. The van der Waals surface area contributed by atoms with Crippen molar-refractivity contribution in [3.8, 4) is 0 Å². The van der Waals surface area contributed by atoms with E-state index in [9.17, 15) is 14.4 Å². The molecule has 1 N–H and O–H groups in total. The van der Waals surface area contributed by atoms with Gasteiger partial charge in [-0.15, -0.1) is 0 Å². The first-order chi connectivity index (χ1) is 13.7. The molecule has 5 nitrogen and oxygen atoms in total. The van der Waals surface area contributed by atoms with Gasteiger partial charge in [0.05, 0.1) is 12.1 Å². The number of Topliss-reactive ketones (excluding diaryl/α,β-unsaturated/α-hetero) is 1. The van der Waals surface area contributed by atoms with Gasteiger partial charge in [-0.25, -0.2) is 4.79 Å². The standard InChI is InChI=1S/C23H32N2O3S/c1-5-17(26)8-6-7-9-19-20-18(14-29-19)25(22(28)24-20)21(27)15-10-12-16(13-11-15)23(2,3)4/h10-13,18-20H,5-9,14H2,1-4H3,(H,24,28)/t18-,19-,20-/m0/s1. The molecule has 2 fully saturated rings. The van der Waals surface area contributed by atoms with Crippen LogP contribution in [-0.2, 0) is 10.2 Å². The Labute approximate surface area is 178 Å². The molecule has 0 spiro atoms. The van der Waals surface area contributed by atoms with E-state index >= 15 is 0 Å². The van der Waals surface area contributed by atoms with Crippen molar-refractivity contribution in [2.24, 2.45) is 0 Å². The van der Waals surface area contributed by atoms with Crippen LogP contribution in [0, 0.1) is 0 Å². The molecule has 1 aromatic carbocycles. The first kappa shape index (κ1) is 21.9. The van der Waals surface area contributed by atoms with Crippen molar-refractivity contribution in [3.63, 3.8) is 0 Å². The predicted octanol–water partition coefficient (Wildman–Crippen LogP) is 4.54. The minimum Gasteiger partial charge on any atom is -0.332 e. The van der Waals surface area contributed by atoms with Crippen molar-refractivity contribution in [3.05, 3.63) is 35.4 Å². The van der Waals surface area contributed by atoms with Crippen LogP contribution in [0.3, 0.4) is 0 Å². The molecule has 0 unspecified atom stereocenters. The van der Waals surface area contributed by atoms with E-state index in [1.807, 2.05) is 43.0 Å². The molecule has 0 bridgehead atoms. The number of imide groups is 1. The highest BCUT2D eigenvalue weighted by Gasteiger charge is 2.50. The molecule has 2 saturated heterocycles. The van der Waals surface area contributed by atoms with E-state index in [1.54, 1.807) is 0 Å². The number of unbranched alkanes of at least 4 members (excludes halogenated alkanes) is 1. The number of nitrogens with zero attached hydrogens (tertiary/aromatic N) is 1. The molecule has 3 rings (SSSR count). The summed E-state index contributed by atoms with van der Waals surface area (Å²) in [4.78, 5) is 38.5. The Hall–Kier alpha value is -1.82. The molecule has 29 heavy (non-hydrogen) atoms. The first-order valence-electron chi connectivity index (χ1n) is 10.6. The van der Waals surface area contributed by atoms with Gasteiger partial charge in [-0.1, -0.05) is 46.2 Å². The second kappa shape index (κ2) is 8.90. The van der Waals surface area contributed by atoms with E-state index in [0.29, 0.717) is 29.4 Å². The van der Waals surface area contributed by atoms with Crippen molar-refractivity contribution < 1.29 is 14.4 Å². The van der Waals surface area contributed by atoms with Crippen LogP contribution in [0.15, 0.2) is 24.3 Å². The summed E-state index contributed by atoms with van der Waals surface area (Å²) < 4.78 is 0. The summed E-state index contributed by atoms with van der Waals surface area (Å²) in [6, 6.07) is 7.24. The molecule has 0 saturated carbocycles. The smallest absolute Gasteiger partial charge is 0.325 e. The Morgan fingerprint density at radius 2 is 1.86 bits per heavy atom. The second-order valence-electron chi connectivity index (χ2n) is 9.05. The Balaban J connectivity index is 1.61. The minimum absolute atomic E-state index is 0.00664. The zero-order valence-electron chi connectivity index (χ0n) is 17.9. The van der Waals surface area contributed by atoms with Crippen LogP contribution >= 0.6 is 11.8 Å². The highest BCUT2D eigenvalue weighted by Crippen LogP contribution is 2.37. The van der Waals surface area contributed by atoms with Crippen LogP contribution in [0.25, 0.3) is 0 Å². The number of carbonyl (C=O) groups excluding carboxylic acids is 3. The highest BCUT2D eigenvalue weighted by atomic mass is 32.2. The minimum atomic E-state index is -0.281. The van der Waals surface area contributed by atoms with Gasteiger partial charge in [0.1, 0.15) is 5.78 Å². The Morgan fingerprint density at radius 1 is 1.17 bits per heavy atom. The van der Waals surface area contributed by atoms with Gasteiger partial charge < -0.3 is 5.32 Å². The quantitative estimate of drug-likeness (QED) is 0.523. The van der Waals surface area contributed by atoms with Crippen molar-refractivity contribution in [1.29, 1.82) is 0 Å². The van der Waals surface area contributed by atoms with Crippen molar-refractivity contribution in [1.82, 2.24) is 10.2 Å². The third kappa shape index (κ3) is 4.85. The van der Waals surface area contributed by atoms with E-state index in [-0.39, 0.29) is 29.4 Å². The number of nitrogens with one attached hydrogen (secondary N) is 1. The van der Waals surface area contributed by atoms with Crippen molar-refractivity contribution in [2.45, 2.75) is 82.5 Å². The molecule has 2 aliphatic heterocycles. The fraction of sp³-hybridized carbons (Fsp3) is 0.609. The summed E-state index contributed by atoms with van der Waals surface area (Å²) in [5, 5.41) is 3.35. The summed E-state index contributed by atoms with van der Waals surface area (Å²) in [6.07, 6.45) is 4.09. The van der Waals surface area contributed by atoms with E-state index in [4.69, 9.17) is 0 Å². The molecule has 0 aliphatic carbocycles. The molecule has 2 heterocycles. The summed E-state index contributed by atoms with van der Waals surface area (Å²) in [5.74, 6) is 0.865. The predicted molar refractivity (Wildman–Crippen MR) is 117 cm³/mol. The number of urea groups is 1. The topological polar surface area (TPSA) is 66.5 Å². The molecule has 2 aliphatic rings. The van der Waals surface area contributed by atoms with Gasteiger partial charge >= 0.3 is 6.03 Å². The molecule has 1 aromatic rings. The van der Waals surface area contributed by atoms with Gasteiger partial charge in [0.15, 0.2) is 0 Å². The second-order valence-corrected chi connectivity index (χ2v) is 10.3. The molecule has 3 amide bonds. The molecule has 6 heteroatoms. The first-order valence-corrected chi connectivity index (χ1v) is 11.6. The van der Waals surface area contributed by atoms with E-state index in [1.165, 1.54) is 4.90 Å². The fourth-order valence-corrected chi connectivity index (χ4v) is 5.66. The Morgan fingerprint density at radius 3 is 2.48 bits per heavy atom.